The number of hydrogen-bond acceptors (Lipinski definition) is 6. The SMILES string of the molecule is CC(C)C[C@H](CO)N1C(=O)[C@@H]2[C@H]3C(=O)OCCCC/C=C\[C@@]3(C)S[C@@]23C=CCN(C(C)C)C(=O)C13. The molecule has 8 heteroatoms. The third-order valence-electron chi connectivity index (χ3n) is 7.94. The number of rotatable bonds is 5. The third kappa shape index (κ3) is 4.35. The van der Waals surface area contributed by atoms with E-state index in [1.54, 1.807) is 21.6 Å². The van der Waals surface area contributed by atoms with E-state index in [0.717, 1.165) is 19.3 Å². The first-order valence-electron chi connectivity index (χ1n) is 13.0. The summed E-state index contributed by atoms with van der Waals surface area (Å²) in [6, 6.07) is -1.31. The Morgan fingerprint density at radius 1 is 1.09 bits per heavy atom. The van der Waals surface area contributed by atoms with Gasteiger partial charge < -0.3 is 19.6 Å². The van der Waals surface area contributed by atoms with Gasteiger partial charge in [-0.15, -0.1) is 11.8 Å². The molecular formula is C27H40N2O5S. The Morgan fingerprint density at radius 3 is 2.49 bits per heavy atom. The van der Waals surface area contributed by atoms with Crippen molar-refractivity contribution >= 4 is 29.5 Å². The Hall–Kier alpha value is -1.80. The Labute approximate surface area is 213 Å². The van der Waals surface area contributed by atoms with E-state index in [2.05, 4.69) is 12.2 Å². The van der Waals surface area contributed by atoms with E-state index in [1.807, 2.05) is 46.8 Å². The molecule has 1 unspecified atom stereocenters. The number of amides is 2. The van der Waals surface area contributed by atoms with Crippen LogP contribution in [0.25, 0.3) is 0 Å². The smallest absolute Gasteiger partial charge is 0.311 e. The number of cyclic esters (lactones) is 1. The molecule has 6 atom stereocenters. The first-order chi connectivity index (χ1) is 16.6. The summed E-state index contributed by atoms with van der Waals surface area (Å²) in [7, 11) is 0. The average Bonchev–Trinajstić information content (AvgIpc) is 3.11. The molecule has 2 amide bonds. The molecule has 2 fully saturated rings. The van der Waals surface area contributed by atoms with Crippen molar-refractivity contribution in [3.8, 4) is 0 Å². The summed E-state index contributed by atoms with van der Waals surface area (Å²) in [5.74, 6) is -1.90. The van der Waals surface area contributed by atoms with Crippen molar-refractivity contribution in [2.45, 2.75) is 87.9 Å². The molecule has 0 aromatic rings. The van der Waals surface area contributed by atoms with Gasteiger partial charge in [-0.1, -0.05) is 38.2 Å². The lowest BCUT2D eigenvalue weighted by atomic mass is 9.74. The highest BCUT2D eigenvalue weighted by Gasteiger charge is 2.74. The molecule has 0 aromatic carbocycles. The van der Waals surface area contributed by atoms with E-state index < -0.39 is 33.4 Å². The standard InChI is InChI=1S/C27H40N2O5S/c1-17(2)15-19(16-30)29-22-24(32)28(18(3)4)13-10-12-27(22)20(23(29)31)21-25(33)34-14-9-7-6-8-11-26(21,5)35-27/h8,10-12,17-22,30H,6-7,9,13-16H2,1-5H3/b11-8-/t19-,20+,21+,22?,26-,27+/m1/s1. The summed E-state index contributed by atoms with van der Waals surface area (Å²) >= 11 is 1.56. The minimum Gasteiger partial charge on any atom is -0.465 e. The minimum absolute atomic E-state index is 0.0384. The number of nitrogens with zero attached hydrogens (tertiary/aromatic N) is 2. The monoisotopic (exact) mass is 504 g/mol. The number of fused-ring (bicyclic) bond motifs is 2. The molecule has 1 N–H and O–H groups in total. The number of aliphatic hydroxyl groups excluding tert-OH is 1. The summed E-state index contributed by atoms with van der Waals surface area (Å²) in [4.78, 5) is 45.5. The summed E-state index contributed by atoms with van der Waals surface area (Å²) in [6.07, 6.45) is 11.4. The lowest BCUT2D eigenvalue weighted by Gasteiger charge is -2.41. The normalized spacial score (nSPS) is 37.1. The van der Waals surface area contributed by atoms with Crippen LogP contribution in [0.1, 0.15) is 60.3 Å². The van der Waals surface area contributed by atoms with Gasteiger partial charge in [-0.25, -0.2) is 0 Å². The van der Waals surface area contributed by atoms with E-state index in [1.165, 1.54) is 0 Å². The fraction of sp³-hybridized carbons (Fsp3) is 0.741. The molecule has 1 spiro atoms. The van der Waals surface area contributed by atoms with Crippen LogP contribution in [0, 0.1) is 17.8 Å². The van der Waals surface area contributed by atoms with Gasteiger partial charge in [0.25, 0.3) is 0 Å². The molecule has 4 aliphatic rings. The quantitative estimate of drug-likeness (QED) is 0.457. The highest BCUT2D eigenvalue weighted by atomic mass is 32.2. The third-order valence-corrected chi connectivity index (χ3v) is 9.74. The predicted octanol–water partition coefficient (Wildman–Crippen LogP) is 3.17. The highest BCUT2D eigenvalue weighted by Crippen LogP contribution is 2.65. The van der Waals surface area contributed by atoms with E-state index in [9.17, 15) is 19.5 Å². The van der Waals surface area contributed by atoms with E-state index in [4.69, 9.17) is 4.74 Å². The molecule has 0 radical (unpaired) electrons. The van der Waals surface area contributed by atoms with Gasteiger partial charge in [-0.05, 0) is 52.4 Å². The van der Waals surface area contributed by atoms with Crippen LogP contribution in [0.3, 0.4) is 0 Å². The molecule has 0 saturated carbocycles. The van der Waals surface area contributed by atoms with Crippen molar-refractivity contribution in [3.63, 3.8) is 0 Å². The maximum atomic E-state index is 14.3. The molecule has 35 heavy (non-hydrogen) atoms. The van der Waals surface area contributed by atoms with E-state index in [0.29, 0.717) is 19.6 Å². The number of esters is 1. The molecule has 0 bridgehead atoms. The predicted molar refractivity (Wildman–Crippen MR) is 137 cm³/mol. The summed E-state index contributed by atoms with van der Waals surface area (Å²) in [5.41, 5.74) is 0. The second kappa shape index (κ2) is 9.92. The molecule has 4 rings (SSSR count). The maximum Gasteiger partial charge on any atom is 0.311 e. The Kier molecular flexibility index (Phi) is 7.45. The topological polar surface area (TPSA) is 87.2 Å². The molecule has 7 nitrogen and oxygen atoms in total. The molecule has 0 aromatic heterocycles. The van der Waals surface area contributed by atoms with Gasteiger partial charge in [0, 0.05) is 17.3 Å². The van der Waals surface area contributed by atoms with Gasteiger partial charge in [-0.2, -0.15) is 0 Å². The van der Waals surface area contributed by atoms with Gasteiger partial charge in [0.2, 0.25) is 11.8 Å². The van der Waals surface area contributed by atoms with Crippen molar-refractivity contribution < 1.29 is 24.2 Å². The Balaban J connectivity index is 1.89. The molecule has 2 saturated heterocycles. The maximum absolute atomic E-state index is 14.3. The van der Waals surface area contributed by atoms with Gasteiger partial charge in [-0.3, -0.25) is 14.4 Å². The molecule has 4 heterocycles. The Morgan fingerprint density at radius 2 is 1.83 bits per heavy atom. The lowest BCUT2D eigenvalue weighted by molar-refractivity contribution is -0.155. The number of likely N-dealkylation sites (tertiary alicyclic amines) is 1. The average molecular weight is 505 g/mol. The van der Waals surface area contributed by atoms with E-state index in [-0.39, 0.29) is 36.4 Å². The zero-order valence-electron chi connectivity index (χ0n) is 21.6. The molecular weight excluding hydrogens is 464 g/mol. The number of carbonyl (C=O) groups excluding carboxylic acids is 3. The van der Waals surface area contributed by atoms with Crippen LogP contribution in [0.4, 0.5) is 0 Å². The lowest BCUT2D eigenvalue weighted by Crippen LogP contribution is -2.57. The first-order valence-corrected chi connectivity index (χ1v) is 13.8. The van der Waals surface area contributed by atoms with Crippen LogP contribution in [-0.2, 0) is 19.1 Å². The van der Waals surface area contributed by atoms with Crippen LogP contribution in [0.2, 0.25) is 0 Å². The number of thioether (sulfide) groups is 1. The number of ether oxygens (including phenoxy) is 1. The summed E-state index contributed by atoms with van der Waals surface area (Å²) in [5, 5.41) is 10.4. The van der Waals surface area contributed by atoms with Crippen LogP contribution in [0.5, 0.6) is 0 Å². The van der Waals surface area contributed by atoms with Gasteiger partial charge >= 0.3 is 5.97 Å². The van der Waals surface area contributed by atoms with Crippen molar-refractivity contribution in [2.24, 2.45) is 17.8 Å². The van der Waals surface area contributed by atoms with Crippen molar-refractivity contribution in [2.75, 3.05) is 19.8 Å². The number of carbonyl (C=O) groups is 3. The van der Waals surface area contributed by atoms with Gasteiger partial charge in [0.15, 0.2) is 0 Å². The van der Waals surface area contributed by atoms with E-state index >= 15 is 0 Å². The van der Waals surface area contributed by atoms with Crippen molar-refractivity contribution in [1.82, 2.24) is 9.80 Å². The highest BCUT2D eigenvalue weighted by molar-refractivity contribution is 8.02. The summed E-state index contributed by atoms with van der Waals surface area (Å²) in [6.45, 7) is 10.6. The second-order valence-corrected chi connectivity index (χ2v) is 13.1. The Bertz CT molecular complexity index is 917. The zero-order chi connectivity index (χ0) is 25.5. The van der Waals surface area contributed by atoms with Crippen LogP contribution in [-0.4, -0.2) is 80.1 Å². The fourth-order valence-electron chi connectivity index (χ4n) is 6.43. The fourth-order valence-corrected chi connectivity index (χ4v) is 8.57. The summed E-state index contributed by atoms with van der Waals surface area (Å²) < 4.78 is 4.13. The zero-order valence-corrected chi connectivity index (χ0v) is 22.4. The van der Waals surface area contributed by atoms with Crippen LogP contribution in [0.15, 0.2) is 24.3 Å². The second-order valence-electron chi connectivity index (χ2n) is 11.3. The molecule has 4 aliphatic heterocycles. The minimum atomic E-state index is -0.904. The number of hydrogen-bond donors (Lipinski definition) is 1. The first kappa shape index (κ1) is 26.3. The van der Waals surface area contributed by atoms with Crippen molar-refractivity contribution in [1.29, 1.82) is 0 Å². The van der Waals surface area contributed by atoms with Crippen LogP contribution < -0.4 is 0 Å². The largest absolute Gasteiger partial charge is 0.465 e. The molecule has 0 aliphatic carbocycles. The number of allylic oxidation sites excluding steroid dienone is 1. The van der Waals surface area contributed by atoms with Crippen LogP contribution >= 0.6 is 11.8 Å². The number of aliphatic hydroxyl groups is 1. The van der Waals surface area contributed by atoms with Crippen molar-refractivity contribution in [3.05, 3.63) is 24.3 Å². The molecule has 194 valence electrons. The van der Waals surface area contributed by atoms with Gasteiger partial charge in [0.05, 0.1) is 35.8 Å². The van der Waals surface area contributed by atoms with Gasteiger partial charge in [0.1, 0.15) is 6.04 Å².